The third-order valence-electron chi connectivity index (χ3n) is 2.11. The molecule has 0 spiro atoms. The minimum Gasteiger partial charge on any atom is -0.494 e. The fourth-order valence-electron chi connectivity index (χ4n) is 1.41. The van der Waals surface area contributed by atoms with E-state index in [0.29, 0.717) is 19.0 Å². The van der Waals surface area contributed by atoms with E-state index in [-0.39, 0.29) is 0 Å². The van der Waals surface area contributed by atoms with Crippen molar-refractivity contribution in [2.45, 2.75) is 13.5 Å². The topological polar surface area (TPSA) is 66.0 Å². The Kier molecular flexibility index (Phi) is 3.05. The predicted molar refractivity (Wildman–Crippen MR) is 61.1 cm³/mol. The van der Waals surface area contributed by atoms with Crippen LogP contribution in [0.3, 0.4) is 0 Å². The van der Waals surface area contributed by atoms with Crippen molar-refractivity contribution >= 4 is 5.82 Å². The Hall–Kier alpha value is -2.04. The van der Waals surface area contributed by atoms with E-state index in [9.17, 15) is 0 Å². The monoisotopic (exact) mass is 218 g/mol. The molecular weight excluding hydrogens is 204 g/mol. The van der Waals surface area contributed by atoms with Gasteiger partial charge in [-0.05, 0) is 24.6 Å². The van der Waals surface area contributed by atoms with Gasteiger partial charge in [-0.1, -0.05) is 12.1 Å². The molecule has 0 aliphatic carbocycles. The number of aromatic nitrogens is 3. The highest BCUT2D eigenvalue weighted by molar-refractivity contribution is 5.27. The summed E-state index contributed by atoms with van der Waals surface area (Å²) in [5, 5.41) is 8.04. The van der Waals surface area contributed by atoms with Crippen LogP contribution < -0.4 is 10.5 Å². The summed E-state index contributed by atoms with van der Waals surface area (Å²) in [6.45, 7) is 3.25. The van der Waals surface area contributed by atoms with Crippen LogP contribution >= 0.6 is 0 Å². The molecule has 0 amide bonds. The standard InChI is InChI=1S/C11H14N4O/c1-2-16-10-5-3-9(4-6-10)8-15-13-7-11(12)14-15/h3-7H,2,8H2,1H3,(H2,12,14). The number of rotatable bonds is 4. The van der Waals surface area contributed by atoms with E-state index < -0.39 is 0 Å². The normalized spacial score (nSPS) is 10.3. The van der Waals surface area contributed by atoms with Crippen LogP contribution in [0, 0.1) is 0 Å². The first kappa shape index (κ1) is 10.5. The summed E-state index contributed by atoms with van der Waals surface area (Å²) in [5.41, 5.74) is 6.59. The molecule has 0 fully saturated rings. The summed E-state index contributed by atoms with van der Waals surface area (Å²) < 4.78 is 5.36. The summed E-state index contributed by atoms with van der Waals surface area (Å²) in [6, 6.07) is 7.85. The molecule has 1 aromatic heterocycles. The Bertz CT molecular complexity index is 449. The second-order valence-electron chi connectivity index (χ2n) is 3.38. The van der Waals surface area contributed by atoms with Crippen LogP contribution in [0.4, 0.5) is 5.82 Å². The van der Waals surface area contributed by atoms with Gasteiger partial charge in [-0.15, -0.1) is 5.10 Å². The molecule has 0 aliphatic heterocycles. The molecule has 2 rings (SSSR count). The van der Waals surface area contributed by atoms with Gasteiger partial charge in [-0.25, -0.2) is 0 Å². The zero-order valence-electron chi connectivity index (χ0n) is 9.13. The third kappa shape index (κ3) is 2.50. The maximum absolute atomic E-state index is 5.48. The quantitative estimate of drug-likeness (QED) is 0.840. The molecule has 0 unspecified atom stereocenters. The molecule has 5 heteroatoms. The molecule has 2 aromatic rings. The highest BCUT2D eigenvalue weighted by Gasteiger charge is 1.99. The lowest BCUT2D eigenvalue weighted by Gasteiger charge is -2.04. The van der Waals surface area contributed by atoms with Crippen molar-refractivity contribution in [3.05, 3.63) is 36.0 Å². The first-order valence-electron chi connectivity index (χ1n) is 5.15. The van der Waals surface area contributed by atoms with Gasteiger partial charge in [0.05, 0.1) is 19.3 Å². The van der Waals surface area contributed by atoms with Crippen LogP contribution in [0.5, 0.6) is 5.75 Å². The first-order chi connectivity index (χ1) is 7.78. The second kappa shape index (κ2) is 4.65. The zero-order chi connectivity index (χ0) is 11.4. The van der Waals surface area contributed by atoms with Crippen LogP contribution in [0.15, 0.2) is 30.5 Å². The first-order valence-corrected chi connectivity index (χ1v) is 5.15. The van der Waals surface area contributed by atoms with Crippen LogP contribution in [0.2, 0.25) is 0 Å². The summed E-state index contributed by atoms with van der Waals surface area (Å²) >= 11 is 0. The molecule has 1 aromatic carbocycles. The number of ether oxygens (including phenoxy) is 1. The summed E-state index contributed by atoms with van der Waals surface area (Å²) in [4.78, 5) is 1.56. The lowest BCUT2D eigenvalue weighted by atomic mass is 10.2. The smallest absolute Gasteiger partial charge is 0.165 e. The average molecular weight is 218 g/mol. The highest BCUT2D eigenvalue weighted by atomic mass is 16.5. The van der Waals surface area contributed by atoms with Gasteiger partial charge in [-0.2, -0.15) is 9.90 Å². The van der Waals surface area contributed by atoms with Crippen molar-refractivity contribution in [2.75, 3.05) is 12.3 Å². The maximum Gasteiger partial charge on any atom is 0.165 e. The van der Waals surface area contributed by atoms with Crippen molar-refractivity contribution in [1.82, 2.24) is 15.0 Å². The van der Waals surface area contributed by atoms with E-state index in [0.717, 1.165) is 11.3 Å². The van der Waals surface area contributed by atoms with Crippen molar-refractivity contribution in [3.63, 3.8) is 0 Å². The largest absolute Gasteiger partial charge is 0.494 e. The van der Waals surface area contributed by atoms with Gasteiger partial charge in [0.25, 0.3) is 0 Å². The molecule has 0 radical (unpaired) electrons. The fraction of sp³-hybridized carbons (Fsp3) is 0.273. The molecular formula is C11H14N4O. The number of benzene rings is 1. The Morgan fingerprint density at radius 3 is 2.62 bits per heavy atom. The number of nitrogen functional groups attached to an aromatic ring is 1. The van der Waals surface area contributed by atoms with E-state index in [1.807, 2.05) is 31.2 Å². The van der Waals surface area contributed by atoms with Crippen LogP contribution in [0.1, 0.15) is 12.5 Å². The van der Waals surface area contributed by atoms with Crippen molar-refractivity contribution in [2.24, 2.45) is 0 Å². The van der Waals surface area contributed by atoms with Gasteiger partial charge in [0.1, 0.15) is 5.75 Å². The Morgan fingerprint density at radius 1 is 1.31 bits per heavy atom. The minimum atomic E-state index is 0.436. The van der Waals surface area contributed by atoms with Gasteiger partial charge in [-0.3, -0.25) is 0 Å². The fourth-order valence-corrected chi connectivity index (χ4v) is 1.41. The molecule has 0 bridgehead atoms. The molecule has 0 saturated heterocycles. The maximum atomic E-state index is 5.48. The molecule has 2 N–H and O–H groups in total. The van der Waals surface area contributed by atoms with E-state index in [4.69, 9.17) is 10.5 Å². The summed E-state index contributed by atoms with van der Waals surface area (Å²) in [5.74, 6) is 1.31. The molecule has 5 nitrogen and oxygen atoms in total. The lowest BCUT2D eigenvalue weighted by Crippen LogP contribution is -2.04. The number of hydrogen-bond acceptors (Lipinski definition) is 4. The van der Waals surface area contributed by atoms with Crippen molar-refractivity contribution < 1.29 is 4.74 Å². The van der Waals surface area contributed by atoms with Crippen molar-refractivity contribution in [1.29, 1.82) is 0 Å². The number of anilines is 1. The number of nitrogens with two attached hydrogens (primary N) is 1. The van der Waals surface area contributed by atoms with Gasteiger partial charge >= 0.3 is 0 Å². The van der Waals surface area contributed by atoms with E-state index in [1.165, 1.54) is 6.20 Å². The van der Waals surface area contributed by atoms with Crippen molar-refractivity contribution in [3.8, 4) is 5.75 Å². The molecule has 0 atom stereocenters. The van der Waals surface area contributed by atoms with E-state index >= 15 is 0 Å². The Morgan fingerprint density at radius 2 is 2.06 bits per heavy atom. The molecule has 0 aliphatic rings. The molecule has 1 heterocycles. The van der Waals surface area contributed by atoms with Gasteiger partial charge in [0.15, 0.2) is 5.82 Å². The van der Waals surface area contributed by atoms with E-state index in [1.54, 1.807) is 4.80 Å². The Labute approximate surface area is 93.8 Å². The third-order valence-corrected chi connectivity index (χ3v) is 2.11. The molecule has 84 valence electrons. The van der Waals surface area contributed by atoms with E-state index in [2.05, 4.69) is 10.2 Å². The van der Waals surface area contributed by atoms with Gasteiger partial charge in [0.2, 0.25) is 0 Å². The SMILES string of the molecule is CCOc1ccc(Cn2ncc(N)n2)cc1. The van der Waals surface area contributed by atoms with Gasteiger partial charge < -0.3 is 10.5 Å². The van der Waals surface area contributed by atoms with Crippen LogP contribution in [-0.4, -0.2) is 21.6 Å². The van der Waals surface area contributed by atoms with Crippen LogP contribution in [0.25, 0.3) is 0 Å². The summed E-state index contributed by atoms with van der Waals surface area (Å²) in [6.07, 6.45) is 1.54. The predicted octanol–water partition coefficient (Wildman–Crippen LogP) is 1.31. The second-order valence-corrected chi connectivity index (χ2v) is 3.38. The zero-order valence-corrected chi connectivity index (χ0v) is 9.13. The number of hydrogen-bond donors (Lipinski definition) is 1. The molecule has 16 heavy (non-hydrogen) atoms. The number of nitrogens with zero attached hydrogens (tertiary/aromatic N) is 3. The average Bonchev–Trinajstić information content (AvgIpc) is 2.67. The van der Waals surface area contributed by atoms with Gasteiger partial charge in [0, 0.05) is 0 Å². The minimum absolute atomic E-state index is 0.436. The van der Waals surface area contributed by atoms with Crippen LogP contribution in [-0.2, 0) is 6.54 Å². The lowest BCUT2D eigenvalue weighted by molar-refractivity contribution is 0.340. The molecule has 0 saturated carbocycles. The highest BCUT2D eigenvalue weighted by Crippen LogP contribution is 2.12. The summed E-state index contributed by atoms with van der Waals surface area (Å²) in [7, 11) is 0. The Balaban J connectivity index is 2.05.